The molecular weight excluding hydrogens is 287 g/mol. The molecule has 1 aliphatic rings. The maximum Gasteiger partial charge on any atom is 0.416 e. The fourth-order valence-corrected chi connectivity index (χ4v) is 2.30. The summed E-state index contributed by atoms with van der Waals surface area (Å²) in [6, 6.07) is 0.546. The van der Waals surface area contributed by atoms with E-state index in [4.69, 9.17) is 0 Å². The number of urea groups is 1. The van der Waals surface area contributed by atoms with Gasteiger partial charge in [-0.3, -0.25) is 0 Å². The highest BCUT2D eigenvalue weighted by Gasteiger charge is 2.44. The summed E-state index contributed by atoms with van der Waals surface area (Å²) < 4.78 is 38.2. The average molecular weight is 303 g/mol. The number of aromatic nitrogens is 1. The maximum absolute atomic E-state index is 12.7. The number of hydrogen-bond acceptors (Lipinski definition) is 3. The lowest BCUT2D eigenvalue weighted by atomic mass is 10.2. The van der Waals surface area contributed by atoms with E-state index in [-0.39, 0.29) is 5.82 Å². The Hall–Kier alpha value is -1.83. The molecule has 0 radical (unpaired) electrons. The number of carbonyl (C=O) groups is 1. The molecule has 0 saturated carbocycles. The summed E-state index contributed by atoms with van der Waals surface area (Å²) in [6.45, 7) is 3.94. The largest absolute Gasteiger partial charge is 0.416 e. The molecule has 8 heteroatoms. The van der Waals surface area contributed by atoms with Gasteiger partial charge in [0, 0.05) is 12.7 Å². The Balaban J connectivity index is 2.36. The van der Waals surface area contributed by atoms with Crippen molar-refractivity contribution in [2.75, 3.05) is 11.4 Å². The Kier molecular flexibility index (Phi) is 4.08. The molecule has 1 aliphatic heterocycles. The minimum absolute atomic E-state index is 0.201. The second kappa shape index (κ2) is 5.51. The minimum atomic E-state index is -4.53. The zero-order valence-corrected chi connectivity index (χ0v) is 11.6. The summed E-state index contributed by atoms with van der Waals surface area (Å²) in [7, 11) is 0. The molecule has 21 heavy (non-hydrogen) atoms. The predicted molar refractivity (Wildman–Crippen MR) is 69.6 cm³/mol. The van der Waals surface area contributed by atoms with Crippen LogP contribution in [0.1, 0.15) is 25.8 Å². The third-order valence-electron chi connectivity index (χ3n) is 3.42. The third kappa shape index (κ3) is 2.80. The first-order valence-electron chi connectivity index (χ1n) is 6.58. The Morgan fingerprint density at radius 3 is 2.67 bits per heavy atom. The molecule has 0 aromatic carbocycles. The van der Waals surface area contributed by atoms with Crippen molar-refractivity contribution in [1.29, 1.82) is 0 Å². The number of halogens is 3. The molecule has 2 heterocycles. The highest BCUT2D eigenvalue weighted by atomic mass is 19.4. The maximum atomic E-state index is 12.7. The lowest BCUT2D eigenvalue weighted by Crippen LogP contribution is -2.36. The molecule has 0 aliphatic carbocycles. The van der Waals surface area contributed by atoms with Crippen molar-refractivity contribution in [2.24, 2.45) is 0 Å². The molecule has 5 nitrogen and oxygen atoms in total. The van der Waals surface area contributed by atoms with Gasteiger partial charge in [-0.05, 0) is 25.5 Å². The SMILES string of the molecule is CCCN1C(=O)N(c2cc(C(F)(F)F)ccn2)C(O)C1C. The number of anilines is 1. The molecule has 0 spiro atoms. The fraction of sp³-hybridized carbons (Fsp3) is 0.538. The van der Waals surface area contributed by atoms with E-state index in [0.29, 0.717) is 13.0 Å². The van der Waals surface area contributed by atoms with Crippen LogP contribution in [0.2, 0.25) is 0 Å². The van der Waals surface area contributed by atoms with Gasteiger partial charge < -0.3 is 10.0 Å². The van der Waals surface area contributed by atoms with Gasteiger partial charge in [0.1, 0.15) is 5.82 Å². The van der Waals surface area contributed by atoms with Crippen LogP contribution in [0.15, 0.2) is 18.3 Å². The number of alkyl halides is 3. The monoisotopic (exact) mass is 303 g/mol. The van der Waals surface area contributed by atoms with Crippen LogP contribution >= 0.6 is 0 Å². The highest BCUT2D eigenvalue weighted by molar-refractivity contribution is 5.94. The molecule has 2 atom stereocenters. The van der Waals surface area contributed by atoms with Crippen molar-refractivity contribution in [3.63, 3.8) is 0 Å². The molecule has 1 fully saturated rings. The average Bonchev–Trinajstić information content (AvgIpc) is 2.62. The molecule has 1 N–H and O–H groups in total. The first-order valence-corrected chi connectivity index (χ1v) is 6.58. The first-order chi connectivity index (χ1) is 9.77. The number of pyridine rings is 1. The van der Waals surface area contributed by atoms with Crippen LogP contribution in [-0.2, 0) is 6.18 Å². The quantitative estimate of drug-likeness (QED) is 0.933. The summed E-state index contributed by atoms with van der Waals surface area (Å²) in [5, 5.41) is 10.1. The van der Waals surface area contributed by atoms with E-state index < -0.39 is 30.0 Å². The van der Waals surface area contributed by atoms with Crippen molar-refractivity contribution in [3.8, 4) is 0 Å². The number of amides is 2. The van der Waals surface area contributed by atoms with E-state index in [9.17, 15) is 23.1 Å². The Morgan fingerprint density at radius 2 is 2.10 bits per heavy atom. The first kappa shape index (κ1) is 15.6. The number of nitrogens with zero attached hydrogens (tertiary/aromatic N) is 3. The van der Waals surface area contributed by atoms with Gasteiger partial charge in [0.25, 0.3) is 0 Å². The standard InChI is InChI=1S/C13H16F3N3O2/c1-3-6-18-8(2)11(20)19(12(18)21)10-7-9(4-5-17-10)13(14,15)16/h4-5,7-8,11,20H,3,6H2,1-2H3. The van der Waals surface area contributed by atoms with Crippen molar-refractivity contribution in [2.45, 2.75) is 38.7 Å². The van der Waals surface area contributed by atoms with Crippen LogP contribution in [0.5, 0.6) is 0 Å². The van der Waals surface area contributed by atoms with E-state index in [0.717, 1.165) is 23.2 Å². The van der Waals surface area contributed by atoms with Gasteiger partial charge in [0.05, 0.1) is 11.6 Å². The van der Waals surface area contributed by atoms with Crippen LogP contribution < -0.4 is 4.90 Å². The van der Waals surface area contributed by atoms with Crippen LogP contribution in [0, 0.1) is 0 Å². The van der Waals surface area contributed by atoms with Gasteiger partial charge in [0.15, 0.2) is 6.23 Å². The Labute approximate surface area is 120 Å². The van der Waals surface area contributed by atoms with E-state index in [2.05, 4.69) is 4.98 Å². The molecule has 2 rings (SSSR count). The Bertz CT molecular complexity index is 536. The molecule has 116 valence electrons. The molecular formula is C13H16F3N3O2. The van der Waals surface area contributed by atoms with Gasteiger partial charge in [-0.25, -0.2) is 14.7 Å². The van der Waals surface area contributed by atoms with E-state index >= 15 is 0 Å². The topological polar surface area (TPSA) is 56.7 Å². The van der Waals surface area contributed by atoms with Crippen LogP contribution in [0.3, 0.4) is 0 Å². The van der Waals surface area contributed by atoms with E-state index in [1.165, 1.54) is 4.90 Å². The van der Waals surface area contributed by atoms with Crippen molar-refractivity contribution in [3.05, 3.63) is 23.9 Å². The molecule has 0 bridgehead atoms. The van der Waals surface area contributed by atoms with Crippen molar-refractivity contribution >= 4 is 11.8 Å². The predicted octanol–water partition coefficient (Wildman–Crippen LogP) is 2.46. The lowest BCUT2D eigenvalue weighted by Gasteiger charge is -2.19. The smallest absolute Gasteiger partial charge is 0.371 e. The minimum Gasteiger partial charge on any atom is -0.371 e. The molecule has 2 amide bonds. The molecule has 1 aromatic rings. The van der Waals surface area contributed by atoms with E-state index in [1.807, 2.05) is 6.92 Å². The molecule has 1 aromatic heterocycles. The van der Waals surface area contributed by atoms with Gasteiger partial charge in [-0.2, -0.15) is 13.2 Å². The number of hydrogen-bond donors (Lipinski definition) is 1. The summed E-state index contributed by atoms with van der Waals surface area (Å²) >= 11 is 0. The highest BCUT2D eigenvalue weighted by Crippen LogP contribution is 2.33. The van der Waals surface area contributed by atoms with Crippen LogP contribution in [0.25, 0.3) is 0 Å². The van der Waals surface area contributed by atoms with Gasteiger partial charge >= 0.3 is 12.2 Å². The molecule has 1 saturated heterocycles. The van der Waals surface area contributed by atoms with Gasteiger partial charge in [-0.15, -0.1) is 0 Å². The second-order valence-corrected chi connectivity index (χ2v) is 4.90. The summed E-state index contributed by atoms with van der Waals surface area (Å²) in [5.74, 6) is -0.201. The van der Waals surface area contributed by atoms with Crippen LogP contribution in [-0.4, -0.2) is 39.8 Å². The lowest BCUT2D eigenvalue weighted by molar-refractivity contribution is -0.137. The zero-order valence-electron chi connectivity index (χ0n) is 11.6. The van der Waals surface area contributed by atoms with Gasteiger partial charge in [-0.1, -0.05) is 6.92 Å². The van der Waals surface area contributed by atoms with Crippen molar-refractivity contribution in [1.82, 2.24) is 9.88 Å². The summed E-state index contributed by atoms with van der Waals surface area (Å²) in [4.78, 5) is 18.4. The number of rotatable bonds is 3. The number of carbonyl (C=O) groups excluding carboxylic acids is 1. The summed E-state index contributed by atoms with van der Waals surface area (Å²) in [5.41, 5.74) is -0.908. The normalized spacial score (nSPS) is 23.0. The molecule has 2 unspecified atom stereocenters. The fourth-order valence-electron chi connectivity index (χ4n) is 2.30. The summed E-state index contributed by atoms with van der Waals surface area (Å²) in [6.07, 6.45) is -4.09. The van der Waals surface area contributed by atoms with Crippen LogP contribution in [0.4, 0.5) is 23.8 Å². The zero-order chi connectivity index (χ0) is 15.8. The number of aliphatic hydroxyl groups is 1. The third-order valence-corrected chi connectivity index (χ3v) is 3.42. The van der Waals surface area contributed by atoms with E-state index in [1.54, 1.807) is 6.92 Å². The Morgan fingerprint density at radius 1 is 1.43 bits per heavy atom. The van der Waals surface area contributed by atoms with Gasteiger partial charge in [0.2, 0.25) is 0 Å². The van der Waals surface area contributed by atoms with Crippen molar-refractivity contribution < 1.29 is 23.1 Å². The second-order valence-electron chi connectivity index (χ2n) is 4.90. The number of aliphatic hydroxyl groups excluding tert-OH is 1.